The van der Waals surface area contributed by atoms with Crippen LogP contribution in [0, 0.1) is 0 Å². The van der Waals surface area contributed by atoms with E-state index in [0.717, 1.165) is 11.1 Å². The first-order valence-electron chi connectivity index (χ1n) is 15.0. The van der Waals surface area contributed by atoms with Crippen molar-refractivity contribution in [3.63, 3.8) is 0 Å². The van der Waals surface area contributed by atoms with Crippen LogP contribution >= 0.6 is 11.6 Å². The Morgan fingerprint density at radius 3 is 1.91 bits per heavy atom. The van der Waals surface area contributed by atoms with Crippen molar-refractivity contribution in [1.82, 2.24) is 4.90 Å². The number of nitrogens with zero attached hydrogens (tertiary/aromatic N) is 3. The van der Waals surface area contributed by atoms with Crippen molar-refractivity contribution >= 4 is 56.4 Å². The summed E-state index contributed by atoms with van der Waals surface area (Å²) < 4.78 is 0. The van der Waals surface area contributed by atoms with Gasteiger partial charge in [0.2, 0.25) is 0 Å². The summed E-state index contributed by atoms with van der Waals surface area (Å²) in [6.45, 7) is 0.679. The second kappa shape index (κ2) is 13.9. The van der Waals surface area contributed by atoms with Gasteiger partial charge in [-0.1, -0.05) is 121 Å². The molecule has 0 aliphatic carbocycles. The van der Waals surface area contributed by atoms with Crippen molar-refractivity contribution in [2.45, 2.75) is 13.1 Å². The molecule has 233 valence electrons. The molecule has 0 saturated heterocycles. The summed E-state index contributed by atoms with van der Waals surface area (Å²) in [6.07, 6.45) is 0. The molecular weight excluding hydrogens is 653 g/mol. The SMILES string of the molecule is O=C([O-])CN=C(c1ccccc1)c1cc(Cl)ccc1[N-]C(=O)CN1Cc2ccc3ccccc3c2-c2c(ccc3ccccc23)C1.[Ni+3]. The molecule has 1 heterocycles. The predicted molar refractivity (Wildman–Crippen MR) is 182 cm³/mol. The molecule has 1 aliphatic rings. The minimum atomic E-state index is -1.31. The van der Waals surface area contributed by atoms with Gasteiger partial charge in [-0.15, -0.1) is 5.69 Å². The van der Waals surface area contributed by atoms with Gasteiger partial charge >= 0.3 is 16.5 Å². The van der Waals surface area contributed by atoms with Crippen molar-refractivity contribution in [1.29, 1.82) is 0 Å². The number of rotatable bonds is 7. The van der Waals surface area contributed by atoms with E-state index in [-0.39, 0.29) is 28.9 Å². The molecule has 1 amide bonds. The van der Waals surface area contributed by atoms with Gasteiger partial charge in [0.05, 0.1) is 24.1 Å². The zero-order chi connectivity index (χ0) is 31.6. The number of aliphatic carboxylic acids is 1. The van der Waals surface area contributed by atoms with Crippen molar-refractivity contribution in [2.75, 3.05) is 13.1 Å². The van der Waals surface area contributed by atoms with Crippen LogP contribution < -0.4 is 5.11 Å². The molecule has 6 aromatic carbocycles. The number of carboxylic acids is 1. The summed E-state index contributed by atoms with van der Waals surface area (Å²) in [6, 6.07) is 39.6. The first-order chi connectivity index (χ1) is 22.4. The summed E-state index contributed by atoms with van der Waals surface area (Å²) in [5, 5.41) is 21.0. The van der Waals surface area contributed by atoms with Crippen LogP contribution in [-0.2, 0) is 39.2 Å². The normalized spacial score (nSPS) is 12.9. The van der Waals surface area contributed by atoms with Crippen LogP contribution in [0.25, 0.3) is 38.0 Å². The van der Waals surface area contributed by atoms with Crippen LogP contribution in [0.3, 0.4) is 0 Å². The second-order valence-electron chi connectivity index (χ2n) is 11.4. The molecule has 0 atom stereocenters. The summed E-state index contributed by atoms with van der Waals surface area (Å²) >= 11 is 6.38. The number of aliphatic imine (C=N–C) groups is 1. The quantitative estimate of drug-likeness (QED) is 0.130. The molecule has 0 bridgehead atoms. The van der Waals surface area contributed by atoms with Crippen LogP contribution in [0.1, 0.15) is 22.3 Å². The minimum absolute atomic E-state index is 0. The number of hydrogen-bond donors (Lipinski definition) is 0. The molecule has 0 saturated carbocycles. The summed E-state index contributed by atoms with van der Waals surface area (Å²) in [4.78, 5) is 31.5. The van der Waals surface area contributed by atoms with Gasteiger partial charge in [-0.05, 0) is 61.5 Å². The Bertz CT molecular complexity index is 2080. The number of carboxylic acid groups (broad SMARTS) is 1. The minimum Gasteiger partial charge on any atom is -0.625 e. The Hall–Kier alpha value is -4.81. The summed E-state index contributed by atoms with van der Waals surface area (Å²) in [5.41, 5.74) is 6.58. The Labute approximate surface area is 287 Å². The molecule has 0 fully saturated rings. The van der Waals surface area contributed by atoms with Gasteiger partial charge in [-0.3, -0.25) is 9.89 Å². The van der Waals surface area contributed by atoms with E-state index in [1.165, 1.54) is 32.7 Å². The first kappa shape index (κ1) is 32.1. The molecule has 0 N–H and O–H groups in total. The maximum Gasteiger partial charge on any atom is 3.00 e. The first-order valence-corrected chi connectivity index (χ1v) is 15.4. The van der Waals surface area contributed by atoms with Crippen LogP contribution in [0.15, 0.2) is 126 Å². The monoisotopic (exact) mass is 679 g/mol. The van der Waals surface area contributed by atoms with Gasteiger partial charge in [-0.2, -0.15) is 0 Å². The van der Waals surface area contributed by atoms with E-state index >= 15 is 0 Å². The molecule has 8 heteroatoms. The second-order valence-corrected chi connectivity index (χ2v) is 11.8. The number of halogens is 1. The van der Waals surface area contributed by atoms with Gasteiger partial charge in [0.1, 0.15) is 0 Å². The van der Waals surface area contributed by atoms with Gasteiger partial charge < -0.3 is 20.0 Å². The molecule has 1 radical (unpaired) electrons. The van der Waals surface area contributed by atoms with Crippen LogP contribution in [-0.4, -0.2) is 35.6 Å². The standard InChI is InChI=1S/C39H30ClN3O3.Ni/c40-30-18-19-34(33(20-30)39(41-21-36(45)46)27-10-2-1-3-11-27)42-35(44)24-43-22-28-16-14-25-8-4-6-12-31(25)37(28)38-29(23-43)17-15-26-9-5-7-13-32(26)38;/h1-20H,21-24H2,(H2,41,42,44,45,46);/q;+3/p-2. The molecule has 47 heavy (non-hydrogen) atoms. The number of hydrogen-bond acceptors (Lipinski definition) is 5. The molecule has 0 aromatic heterocycles. The van der Waals surface area contributed by atoms with E-state index in [1.807, 2.05) is 30.3 Å². The van der Waals surface area contributed by atoms with Crippen molar-refractivity contribution in [2.24, 2.45) is 4.99 Å². The van der Waals surface area contributed by atoms with E-state index in [9.17, 15) is 14.7 Å². The van der Waals surface area contributed by atoms with E-state index in [4.69, 9.17) is 11.6 Å². The van der Waals surface area contributed by atoms with Gasteiger partial charge in [0, 0.05) is 30.2 Å². The maximum atomic E-state index is 13.7. The Balaban J connectivity index is 0.00000386. The number of fused-ring (bicyclic) bond motifs is 7. The van der Waals surface area contributed by atoms with Gasteiger partial charge in [0.15, 0.2) is 0 Å². The fourth-order valence-electron chi connectivity index (χ4n) is 6.36. The number of amides is 1. The average Bonchev–Trinajstić information content (AvgIpc) is 3.23. The largest absolute Gasteiger partial charge is 3.00 e. The van der Waals surface area contributed by atoms with Crippen molar-refractivity contribution in [3.8, 4) is 11.1 Å². The topological polar surface area (TPSA) is 86.9 Å². The molecule has 7 rings (SSSR count). The third-order valence-corrected chi connectivity index (χ3v) is 8.53. The van der Waals surface area contributed by atoms with Gasteiger partial charge in [0.25, 0.3) is 0 Å². The van der Waals surface area contributed by atoms with Crippen LogP contribution in [0.5, 0.6) is 0 Å². The fraction of sp³-hybridized carbons (Fsp3) is 0.103. The molecule has 6 aromatic rings. The van der Waals surface area contributed by atoms with Crippen LogP contribution in [0.4, 0.5) is 5.69 Å². The molecule has 0 spiro atoms. The Morgan fingerprint density at radius 2 is 1.32 bits per heavy atom. The third kappa shape index (κ3) is 6.70. The number of benzene rings is 6. The number of carbonyl (C=O) groups excluding carboxylic acids is 2. The molecular formula is C39H28ClN3NiO3+. The van der Waals surface area contributed by atoms with E-state index < -0.39 is 12.5 Å². The maximum absolute atomic E-state index is 13.7. The van der Waals surface area contributed by atoms with E-state index in [2.05, 4.69) is 88.0 Å². The molecule has 0 unspecified atom stereocenters. The zero-order valence-corrected chi connectivity index (χ0v) is 26.9. The molecule has 6 nitrogen and oxygen atoms in total. The Kier molecular flexibility index (Phi) is 9.51. The summed E-state index contributed by atoms with van der Waals surface area (Å²) in [7, 11) is 0. The van der Waals surface area contributed by atoms with Crippen molar-refractivity contribution < 1.29 is 31.2 Å². The van der Waals surface area contributed by atoms with Crippen molar-refractivity contribution in [3.05, 3.63) is 154 Å². The smallest absolute Gasteiger partial charge is 0.625 e. The fourth-order valence-corrected chi connectivity index (χ4v) is 6.54. The van der Waals surface area contributed by atoms with E-state index in [1.54, 1.807) is 18.2 Å². The Morgan fingerprint density at radius 1 is 0.745 bits per heavy atom. The summed E-state index contributed by atoms with van der Waals surface area (Å²) in [5.74, 6) is -1.64. The predicted octanol–water partition coefficient (Wildman–Crippen LogP) is 7.45. The average molecular weight is 681 g/mol. The van der Waals surface area contributed by atoms with E-state index in [0.29, 0.717) is 40.6 Å². The van der Waals surface area contributed by atoms with Gasteiger partial charge in [-0.25, -0.2) is 0 Å². The molecule has 1 aliphatic heterocycles. The zero-order valence-electron chi connectivity index (χ0n) is 25.1. The third-order valence-electron chi connectivity index (χ3n) is 8.30. The number of carbonyl (C=O) groups is 2. The van der Waals surface area contributed by atoms with Crippen LogP contribution in [0.2, 0.25) is 5.02 Å².